The molecular weight excluding hydrogens is 280 g/mol. The van der Waals surface area contributed by atoms with Crippen molar-refractivity contribution in [1.29, 1.82) is 0 Å². The van der Waals surface area contributed by atoms with Crippen molar-refractivity contribution in [2.75, 3.05) is 5.73 Å². The van der Waals surface area contributed by atoms with E-state index in [1.165, 1.54) is 69.8 Å². The van der Waals surface area contributed by atoms with Crippen LogP contribution in [0.3, 0.4) is 0 Å². The Morgan fingerprint density at radius 3 is 2.33 bits per heavy atom. The molecule has 0 aliphatic rings. The summed E-state index contributed by atoms with van der Waals surface area (Å²) in [6, 6.07) is 2.05. The minimum atomic E-state index is 0.471. The molecule has 1 atom stereocenters. The van der Waals surface area contributed by atoms with Gasteiger partial charge in [-0.2, -0.15) is 0 Å². The van der Waals surface area contributed by atoms with Gasteiger partial charge in [-0.15, -0.1) is 0 Å². The molecule has 21 heavy (non-hydrogen) atoms. The fourth-order valence-electron chi connectivity index (χ4n) is 2.87. The zero-order chi connectivity index (χ0) is 15.5. The van der Waals surface area contributed by atoms with Gasteiger partial charge in [0.1, 0.15) is 5.82 Å². The lowest BCUT2D eigenvalue weighted by Gasteiger charge is -2.19. The number of unbranched alkanes of at least 4 members (excludes halogenated alkanes) is 6. The van der Waals surface area contributed by atoms with Crippen molar-refractivity contribution in [1.82, 2.24) is 4.98 Å². The minimum Gasteiger partial charge on any atom is -0.382 e. The maximum absolute atomic E-state index is 6.36. The molecule has 0 aromatic carbocycles. The molecule has 0 amide bonds. The van der Waals surface area contributed by atoms with Gasteiger partial charge in [-0.05, 0) is 30.4 Å². The monoisotopic (exact) mass is 310 g/mol. The van der Waals surface area contributed by atoms with Gasteiger partial charge in [0.05, 0.1) is 5.02 Å². The molecule has 2 N–H and O–H groups in total. The van der Waals surface area contributed by atoms with Crippen LogP contribution in [-0.2, 0) is 0 Å². The number of anilines is 1. The van der Waals surface area contributed by atoms with E-state index >= 15 is 0 Å². The van der Waals surface area contributed by atoms with E-state index in [2.05, 4.69) is 24.9 Å². The molecule has 0 bridgehead atoms. The lowest BCUT2D eigenvalue weighted by molar-refractivity contribution is 0.502. The summed E-state index contributed by atoms with van der Waals surface area (Å²) in [5, 5.41) is 0.671. The molecule has 0 spiro atoms. The molecule has 2 nitrogen and oxygen atoms in total. The van der Waals surface area contributed by atoms with Crippen LogP contribution in [0.5, 0.6) is 0 Å². The highest BCUT2D eigenvalue weighted by atomic mass is 35.5. The zero-order valence-corrected chi connectivity index (χ0v) is 14.5. The minimum absolute atomic E-state index is 0.471. The van der Waals surface area contributed by atoms with Gasteiger partial charge in [0.25, 0.3) is 0 Å². The van der Waals surface area contributed by atoms with Gasteiger partial charge in [-0.3, -0.25) is 0 Å². The van der Waals surface area contributed by atoms with Gasteiger partial charge in [-0.25, -0.2) is 4.98 Å². The predicted molar refractivity (Wildman–Crippen MR) is 93.9 cm³/mol. The van der Waals surface area contributed by atoms with Gasteiger partial charge in [-0.1, -0.05) is 76.8 Å². The van der Waals surface area contributed by atoms with Crippen LogP contribution in [0.25, 0.3) is 0 Å². The first-order valence-corrected chi connectivity index (χ1v) is 8.98. The van der Waals surface area contributed by atoms with Crippen LogP contribution < -0.4 is 5.73 Å². The molecule has 0 saturated heterocycles. The Labute approximate surface area is 135 Å². The average molecular weight is 311 g/mol. The maximum atomic E-state index is 6.36. The second-order valence-electron chi connectivity index (χ2n) is 5.99. The Bertz CT molecular complexity index is 393. The van der Waals surface area contributed by atoms with Crippen LogP contribution in [-0.4, -0.2) is 4.98 Å². The Morgan fingerprint density at radius 2 is 1.62 bits per heavy atom. The number of hydrogen-bond acceptors (Lipinski definition) is 2. The van der Waals surface area contributed by atoms with Crippen LogP contribution in [0.15, 0.2) is 12.3 Å². The SMILES string of the molecule is CCCCCCCCC(CCCC)c1ccnc(N)c1Cl. The molecule has 0 saturated carbocycles. The average Bonchev–Trinajstić information content (AvgIpc) is 2.49. The van der Waals surface area contributed by atoms with Crippen LogP contribution >= 0.6 is 11.6 Å². The van der Waals surface area contributed by atoms with Gasteiger partial charge < -0.3 is 5.73 Å². The van der Waals surface area contributed by atoms with Gasteiger partial charge in [0.2, 0.25) is 0 Å². The summed E-state index contributed by atoms with van der Waals surface area (Å²) in [5.74, 6) is 1.01. The smallest absolute Gasteiger partial charge is 0.142 e. The summed E-state index contributed by atoms with van der Waals surface area (Å²) in [6.45, 7) is 4.50. The quantitative estimate of drug-likeness (QED) is 0.484. The highest BCUT2D eigenvalue weighted by Gasteiger charge is 2.16. The molecule has 1 aromatic rings. The highest BCUT2D eigenvalue weighted by Crippen LogP contribution is 2.34. The standard InChI is InChI=1S/C18H31ClN2/c1-3-5-7-8-9-10-12-15(11-6-4-2)16-13-14-21-18(20)17(16)19/h13-15H,3-12H2,1-2H3,(H2,20,21). The molecule has 0 radical (unpaired) electrons. The van der Waals surface area contributed by atoms with Crippen LogP contribution in [0, 0.1) is 0 Å². The Morgan fingerprint density at radius 1 is 1.00 bits per heavy atom. The largest absolute Gasteiger partial charge is 0.382 e. The second kappa shape index (κ2) is 10.9. The first kappa shape index (κ1) is 18.3. The molecule has 1 heterocycles. The fourth-order valence-corrected chi connectivity index (χ4v) is 3.13. The van der Waals surface area contributed by atoms with Gasteiger partial charge in [0, 0.05) is 6.20 Å². The molecule has 1 rings (SSSR count). The molecular formula is C18H31ClN2. The molecule has 0 aliphatic carbocycles. The van der Waals surface area contributed by atoms with Crippen molar-refractivity contribution in [2.24, 2.45) is 0 Å². The van der Waals surface area contributed by atoms with E-state index in [1.807, 2.05) is 0 Å². The third-order valence-electron chi connectivity index (χ3n) is 4.20. The van der Waals surface area contributed by atoms with Crippen molar-refractivity contribution in [3.8, 4) is 0 Å². The van der Waals surface area contributed by atoms with E-state index in [1.54, 1.807) is 6.20 Å². The van der Waals surface area contributed by atoms with Crippen LogP contribution in [0.1, 0.15) is 89.5 Å². The number of aromatic nitrogens is 1. The summed E-state index contributed by atoms with van der Waals surface area (Å²) in [5.41, 5.74) is 7.05. The van der Waals surface area contributed by atoms with Gasteiger partial charge in [0.15, 0.2) is 0 Å². The summed E-state index contributed by atoms with van der Waals surface area (Å²) in [4.78, 5) is 4.08. The molecule has 1 unspecified atom stereocenters. The van der Waals surface area contributed by atoms with Crippen LogP contribution in [0.2, 0.25) is 5.02 Å². The van der Waals surface area contributed by atoms with Gasteiger partial charge >= 0.3 is 0 Å². The van der Waals surface area contributed by atoms with E-state index in [4.69, 9.17) is 17.3 Å². The van der Waals surface area contributed by atoms with E-state index in [0.717, 1.165) is 0 Å². The van der Waals surface area contributed by atoms with E-state index in [-0.39, 0.29) is 0 Å². The number of halogens is 1. The summed E-state index contributed by atoms with van der Waals surface area (Å²) in [6.07, 6.45) is 14.7. The van der Waals surface area contributed by atoms with E-state index < -0.39 is 0 Å². The van der Waals surface area contributed by atoms with Crippen molar-refractivity contribution in [3.63, 3.8) is 0 Å². The summed E-state index contributed by atoms with van der Waals surface area (Å²) in [7, 11) is 0. The normalized spacial score (nSPS) is 12.5. The number of pyridine rings is 1. The molecule has 0 fully saturated rings. The number of nitrogen functional groups attached to an aromatic ring is 1. The van der Waals surface area contributed by atoms with Crippen molar-refractivity contribution in [2.45, 2.75) is 84.0 Å². The topological polar surface area (TPSA) is 38.9 Å². The van der Waals surface area contributed by atoms with Crippen molar-refractivity contribution >= 4 is 17.4 Å². The predicted octanol–water partition coefficient (Wildman–Crippen LogP) is 6.34. The fraction of sp³-hybridized carbons (Fsp3) is 0.722. The van der Waals surface area contributed by atoms with Crippen LogP contribution in [0.4, 0.5) is 5.82 Å². The molecule has 1 aromatic heterocycles. The summed E-state index contributed by atoms with van der Waals surface area (Å²) >= 11 is 6.36. The maximum Gasteiger partial charge on any atom is 0.142 e. The first-order chi connectivity index (χ1) is 10.2. The second-order valence-corrected chi connectivity index (χ2v) is 6.37. The first-order valence-electron chi connectivity index (χ1n) is 8.60. The third-order valence-corrected chi connectivity index (χ3v) is 4.61. The third kappa shape index (κ3) is 6.69. The van der Waals surface area contributed by atoms with E-state index in [9.17, 15) is 0 Å². The molecule has 120 valence electrons. The number of rotatable bonds is 11. The Hall–Kier alpha value is -0.760. The molecule has 3 heteroatoms. The van der Waals surface area contributed by atoms with Crippen molar-refractivity contribution in [3.05, 3.63) is 22.8 Å². The lowest BCUT2D eigenvalue weighted by Crippen LogP contribution is -2.03. The Balaban J connectivity index is 2.53. The number of nitrogens with zero attached hydrogens (tertiary/aromatic N) is 1. The Kier molecular flexibility index (Phi) is 9.49. The molecule has 0 aliphatic heterocycles. The van der Waals surface area contributed by atoms with Crippen molar-refractivity contribution < 1.29 is 0 Å². The van der Waals surface area contributed by atoms with E-state index in [0.29, 0.717) is 16.8 Å². The lowest BCUT2D eigenvalue weighted by atomic mass is 9.89. The number of nitrogens with two attached hydrogens (primary N) is 1. The summed E-state index contributed by atoms with van der Waals surface area (Å²) < 4.78 is 0. The zero-order valence-electron chi connectivity index (χ0n) is 13.7. The number of hydrogen-bond donors (Lipinski definition) is 1. The highest BCUT2D eigenvalue weighted by molar-refractivity contribution is 6.33.